The normalized spacial score (nSPS) is 17.3. The van der Waals surface area contributed by atoms with Crippen molar-refractivity contribution in [1.29, 1.82) is 0 Å². The maximum Gasteiger partial charge on any atom is 0.197 e. The number of ether oxygens (including phenoxy) is 1. The topological polar surface area (TPSA) is 81.5 Å². The summed E-state index contributed by atoms with van der Waals surface area (Å²) in [5.41, 5.74) is -0.782. The van der Waals surface area contributed by atoms with Crippen LogP contribution in [0.5, 0.6) is 5.75 Å². The van der Waals surface area contributed by atoms with Crippen molar-refractivity contribution in [1.82, 2.24) is 9.97 Å². The molecule has 0 fully saturated rings. The van der Waals surface area contributed by atoms with Crippen LogP contribution in [0.4, 0.5) is 0 Å². The molecule has 1 atom stereocenters. The van der Waals surface area contributed by atoms with Crippen molar-refractivity contribution in [2.75, 3.05) is 6.18 Å². The van der Waals surface area contributed by atoms with E-state index in [1.165, 1.54) is 0 Å². The Labute approximate surface area is 182 Å². The van der Waals surface area contributed by atoms with Crippen molar-refractivity contribution >= 4 is 29.1 Å². The summed E-state index contributed by atoms with van der Waals surface area (Å²) < 4.78 is 68.2. The molecule has 2 aromatic carbocycles. The molecular formula is C20H16ClN3O3S. The Kier molecular flexibility index (Phi) is 4.02. The van der Waals surface area contributed by atoms with Gasteiger partial charge < -0.3 is 4.74 Å². The number of hydrogen-bond donors (Lipinski definition) is 0. The van der Waals surface area contributed by atoms with E-state index in [-0.39, 0.29) is 30.2 Å². The molecule has 1 heterocycles. The number of aromatic nitrogens is 2. The molecule has 1 aromatic heterocycles. The van der Waals surface area contributed by atoms with Crippen LogP contribution < -0.4 is 4.74 Å². The van der Waals surface area contributed by atoms with E-state index in [1.54, 1.807) is 24.3 Å². The van der Waals surface area contributed by atoms with Gasteiger partial charge in [-0.25, -0.2) is 9.97 Å². The SMILES string of the molecule is [2H]c1ccc(C(=O)C([2H])(N=O)c2nc(SC([2H])([2H])[2H])nc([2H])c2[2H])c([2H])c1OCc1ccc(Cl)cc1. The Hall–Kier alpha value is -2.77. The molecule has 3 rings (SSSR count). The number of rotatable bonds is 8. The second-order valence-electron chi connectivity index (χ2n) is 5.22. The molecule has 0 aliphatic heterocycles. The van der Waals surface area contributed by atoms with Gasteiger partial charge in [0.2, 0.25) is 0 Å². The first-order valence-corrected chi connectivity index (χ1v) is 8.87. The highest BCUT2D eigenvalue weighted by atomic mass is 35.5. The molecule has 0 aliphatic rings. The molecule has 0 radical (unpaired) electrons. The van der Waals surface area contributed by atoms with E-state index in [0.717, 1.165) is 12.1 Å². The molecule has 6 nitrogen and oxygen atoms in total. The molecule has 8 heteroatoms. The fourth-order valence-electron chi connectivity index (χ4n) is 2.10. The average Bonchev–Trinajstić information content (AvgIpc) is 2.80. The lowest BCUT2D eigenvalue weighted by atomic mass is 10.0. The summed E-state index contributed by atoms with van der Waals surface area (Å²) in [6.45, 7) is -0.0782. The third-order valence-electron chi connectivity index (χ3n) is 3.41. The summed E-state index contributed by atoms with van der Waals surface area (Å²) in [4.78, 5) is 32.3. The zero-order chi connectivity index (χ0) is 26.8. The lowest BCUT2D eigenvalue weighted by molar-refractivity contribution is 0.0959. The Balaban J connectivity index is 2.03. The highest BCUT2D eigenvalue weighted by Gasteiger charge is 2.25. The zero-order valence-electron chi connectivity index (χ0n) is 22.0. The molecule has 3 aromatic rings. The van der Waals surface area contributed by atoms with E-state index in [0.29, 0.717) is 10.6 Å². The van der Waals surface area contributed by atoms with E-state index >= 15 is 0 Å². The smallest absolute Gasteiger partial charge is 0.197 e. The molecule has 0 bridgehead atoms. The number of thioether (sulfide) groups is 1. The van der Waals surface area contributed by atoms with E-state index in [9.17, 15) is 9.70 Å². The van der Waals surface area contributed by atoms with Gasteiger partial charge in [-0.15, -0.1) is 4.91 Å². The first-order valence-electron chi connectivity index (χ1n) is 11.7. The zero-order valence-corrected chi connectivity index (χ0v) is 15.6. The summed E-state index contributed by atoms with van der Waals surface area (Å²) >= 11 is 5.98. The van der Waals surface area contributed by atoms with Gasteiger partial charge in [0.05, 0.1) is 12.5 Å². The monoisotopic (exact) mass is 421 g/mol. The Morgan fingerprint density at radius 2 is 2.21 bits per heavy atom. The van der Waals surface area contributed by atoms with Crippen LogP contribution in [0.25, 0.3) is 0 Å². The predicted molar refractivity (Wildman–Crippen MR) is 109 cm³/mol. The number of carbonyl (C=O) groups excluding carboxylic acids is 1. The molecular weight excluding hydrogens is 398 g/mol. The van der Waals surface area contributed by atoms with Crippen molar-refractivity contribution < 1.29 is 20.5 Å². The minimum Gasteiger partial charge on any atom is -0.489 e. The van der Waals surface area contributed by atoms with Gasteiger partial charge in [0.1, 0.15) is 12.4 Å². The lowest BCUT2D eigenvalue weighted by Crippen LogP contribution is -2.13. The van der Waals surface area contributed by atoms with E-state index in [4.69, 9.17) is 27.3 Å². The summed E-state index contributed by atoms with van der Waals surface area (Å²) in [6, 6.07) is 3.84. The lowest BCUT2D eigenvalue weighted by Gasteiger charge is -2.11. The van der Waals surface area contributed by atoms with Crippen LogP contribution in [-0.2, 0) is 6.61 Å². The maximum absolute atomic E-state index is 13.3. The maximum atomic E-state index is 13.3. The number of carbonyl (C=O) groups is 1. The van der Waals surface area contributed by atoms with Gasteiger partial charge in [-0.2, -0.15) is 0 Å². The van der Waals surface area contributed by atoms with Crippen molar-refractivity contribution in [3.8, 4) is 5.75 Å². The first-order chi connectivity index (χ1) is 16.8. The quantitative estimate of drug-likeness (QED) is 0.217. The summed E-state index contributed by atoms with van der Waals surface area (Å²) in [5.74, 6) is -1.69. The number of benzene rings is 2. The number of halogens is 1. The summed E-state index contributed by atoms with van der Waals surface area (Å²) in [7, 11) is 0. The third-order valence-corrected chi connectivity index (χ3v) is 4.03. The minimum atomic E-state index is -3.15. The van der Waals surface area contributed by atoms with Crippen LogP contribution in [0, 0.1) is 4.91 Å². The summed E-state index contributed by atoms with van der Waals surface area (Å²) in [6.07, 6.45) is -3.47. The molecule has 0 N–H and O–H groups in total. The fourth-order valence-corrected chi connectivity index (χ4v) is 2.46. The molecule has 0 spiro atoms. The van der Waals surface area contributed by atoms with Crippen LogP contribution in [0.3, 0.4) is 0 Å². The van der Waals surface area contributed by atoms with Crippen LogP contribution in [0.2, 0.25) is 5.02 Å². The molecule has 0 saturated heterocycles. The van der Waals surface area contributed by atoms with Crippen molar-refractivity contribution in [3.63, 3.8) is 0 Å². The molecule has 1 unspecified atom stereocenters. The molecule has 0 saturated carbocycles. The molecule has 0 amide bonds. The molecule has 0 aliphatic carbocycles. The van der Waals surface area contributed by atoms with Crippen molar-refractivity contribution in [2.24, 2.45) is 5.18 Å². The van der Waals surface area contributed by atoms with E-state index in [2.05, 4.69) is 15.1 Å². The average molecular weight is 422 g/mol. The van der Waals surface area contributed by atoms with Crippen LogP contribution in [0.15, 0.2) is 71.0 Å². The highest BCUT2D eigenvalue weighted by molar-refractivity contribution is 7.98. The molecule has 142 valence electrons. The third kappa shape index (κ3) is 4.94. The second-order valence-corrected chi connectivity index (χ2v) is 6.23. The van der Waals surface area contributed by atoms with Crippen LogP contribution >= 0.6 is 23.4 Å². The standard InChI is InChI=1S/C20H16ClN3O3S/c1-28-20-22-10-9-17(23-20)18(24-26)19(25)14-3-2-4-16(11-14)27-12-13-5-7-15(21)8-6-13/h2-11,18H,12H2,1H3/i1D3,4D,9D,10D,11D,18D. The van der Waals surface area contributed by atoms with Crippen LogP contribution in [0.1, 0.15) is 38.6 Å². The Morgan fingerprint density at radius 1 is 1.39 bits per heavy atom. The van der Waals surface area contributed by atoms with Gasteiger partial charge in [0, 0.05) is 20.9 Å². The van der Waals surface area contributed by atoms with Gasteiger partial charge in [0.15, 0.2) is 17.0 Å². The van der Waals surface area contributed by atoms with Crippen LogP contribution in [-0.4, -0.2) is 21.9 Å². The number of nitrogens with zero attached hydrogens (tertiary/aromatic N) is 3. The Bertz CT molecular complexity index is 1330. The number of ketones is 1. The predicted octanol–water partition coefficient (Wildman–Crippen LogP) is 5.12. The van der Waals surface area contributed by atoms with E-state index in [1.807, 2.05) is 0 Å². The van der Waals surface area contributed by atoms with Gasteiger partial charge in [-0.1, -0.05) is 52.8 Å². The fraction of sp³-hybridized carbons (Fsp3) is 0.150. The summed E-state index contributed by atoms with van der Waals surface area (Å²) in [5, 5.41) is 2.48. The largest absolute Gasteiger partial charge is 0.489 e. The van der Waals surface area contributed by atoms with Gasteiger partial charge >= 0.3 is 0 Å². The van der Waals surface area contributed by atoms with Crippen molar-refractivity contribution in [2.45, 2.75) is 17.8 Å². The van der Waals surface area contributed by atoms with Crippen molar-refractivity contribution in [3.05, 3.63) is 87.4 Å². The Morgan fingerprint density at radius 3 is 2.96 bits per heavy atom. The van der Waals surface area contributed by atoms with Gasteiger partial charge in [-0.05, 0) is 42.0 Å². The molecule has 28 heavy (non-hydrogen) atoms. The first kappa shape index (κ1) is 11.9. The second kappa shape index (κ2) is 9.43. The number of hydrogen-bond acceptors (Lipinski definition) is 7. The highest BCUT2D eigenvalue weighted by Crippen LogP contribution is 2.24. The van der Waals surface area contributed by atoms with Gasteiger partial charge in [-0.3, -0.25) is 4.79 Å². The number of nitroso groups, excluding NO2 is 1. The van der Waals surface area contributed by atoms with Gasteiger partial charge in [0.25, 0.3) is 0 Å². The minimum absolute atomic E-state index is 0.0782. The number of Topliss-reactive ketones (excluding diaryl/α,β-unsaturated/α-hetero) is 1. The van der Waals surface area contributed by atoms with E-state index < -0.39 is 52.7 Å².